The zero-order valence-electron chi connectivity index (χ0n) is 11.1. The molecule has 0 spiro atoms. The van der Waals surface area contributed by atoms with E-state index in [-0.39, 0.29) is 5.97 Å². The van der Waals surface area contributed by atoms with E-state index >= 15 is 0 Å². The highest BCUT2D eigenvalue weighted by atomic mass is 16.5. The summed E-state index contributed by atoms with van der Waals surface area (Å²) in [5, 5.41) is 2.64. The molecule has 3 N–H and O–H groups in total. The maximum atomic E-state index is 11.1. The Morgan fingerprint density at radius 1 is 1.11 bits per heavy atom. The minimum Gasteiger partial charge on any atom is -0.466 e. The van der Waals surface area contributed by atoms with E-state index in [0.717, 1.165) is 19.3 Å². The molecule has 0 unspecified atom stereocenters. The van der Waals surface area contributed by atoms with Gasteiger partial charge in [-0.25, -0.2) is 4.79 Å². The third kappa shape index (κ3) is 11.2. The molecule has 106 valence electrons. The maximum absolute atomic E-state index is 11.1. The smallest absolute Gasteiger partial charge is 0.407 e. The predicted molar refractivity (Wildman–Crippen MR) is 68.1 cm³/mol. The van der Waals surface area contributed by atoms with Gasteiger partial charge in [-0.3, -0.25) is 4.79 Å². The molecule has 0 saturated heterocycles. The fourth-order valence-electron chi connectivity index (χ4n) is 1.29. The molecule has 0 heterocycles. The fraction of sp³-hybridized carbons (Fsp3) is 0.833. The van der Waals surface area contributed by atoms with E-state index in [2.05, 4.69) is 5.32 Å². The van der Waals surface area contributed by atoms with Crippen LogP contribution in [0, 0.1) is 0 Å². The van der Waals surface area contributed by atoms with Crippen LogP contribution in [0.5, 0.6) is 0 Å². The van der Waals surface area contributed by atoms with Gasteiger partial charge < -0.3 is 20.5 Å². The molecule has 0 rings (SSSR count). The lowest BCUT2D eigenvalue weighted by molar-refractivity contribution is -0.143. The summed E-state index contributed by atoms with van der Waals surface area (Å²) in [7, 11) is 0. The van der Waals surface area contributed by atoms with Crippen molar-refractivity contribution in [1.82, 2.24) is 5.32 Å². The molecule has 0 aromatic heterocycles. The van der Waals surface area contributed by atoms with Crippen molar-refractivity contribution in [3.05, 3.63) is 0 Å². The first-order valence-electron chi connectivity index (χ1n) is 6.47. The molecule has 0 bridgehead atoms. The standard InChI is InChI=1S/C12H24N2O4/c1-2-17-11(15)7-4-3-5-9-14-12(16)18-10-6-8-13/h2-10,13H2,1H3,(H,14,16). The van der Waals surface area contributed by atoms with Crippen LogP contribution in [-0.4, -0.2) is 38.4 Å². The van der Waals surface area contributed by atoms with Crippen LogP contribution >= 0.6 is 0 Å². The molecule has 18 heavy (non-hydrogen) atoms. The van der Waals surface area contributed by atoms with Crippen LogP contribution in [0.2, 0.25) is 0 Å². The monoisotopic (exact) mass is 260 g/mol. The third-order valence-corrected chi connectivity index (χ3v) is 2.21. The van der Waals surface area contributed by atoms with Gasteiger partial charge in [-0.05, 0) is 32.7 Å². The van der Waals surface area contributed by atoms with E-state index in [1.165, 1.54) is 0 Å². The summed E-state index contributed by atoms with van der Waals surface area (Å²) >= 11 is 0. The number of carbonyl (C=O) groups excluding carboxylic acids is 2. The highest BCUT2D eigenvalue weighted by Crippen LogP contribution is 2.00. The first-order valence-corrected chi connectivity index (χ1v) is 6.47. The summed E-state index contributed by atoms with van der Waals surface area (Å²) in [4.78, 5) is 22.1. The van der Waals surface area contributed by atoms with Crippen molar-refractivity contribution in [1.29, 1.82) is 0 Å². The molecule has 6 heteroatoms. The number of nitrogens with two attached hydrogens (primary N) is 1. The van der Waals surface area contributed by atoms with Crippen molar-refractivity contribution < 1.29 is 19.1 Å². The molecule has 0 aliphatic carbocycles. The number of ether oxygens (including phenoxy) is 2. The second-order valence-electron chi connectivity index (χ2n) is 3.82. The highest BCUT2D eigenvalue weighted by Gasteiger charge is 2.02. The molecule has 6 nitrogen and oxygen atoms in total. The number of hydrogen-bond acceptors (Lipinski definition) is 5. The zero-order valence-corrected chi connectivity index (χ0v) is 11.1. The average Bonchev–Trinajstić information content (AvgIpc) is 2.34. The van der Waals surface area contributed by atoms with Crippen molar-refractivity contribution in [3.63, 3.8) is 0 Å². The van der Waals surface area contributed by atoms with Crippen molar-refractivity contribution in [2.45, 2.75) is 39.0 Å². The van der Waals surface area contributed by atoms with Gasteiger partial charge in [0.15, 0.2) is 0 Å². The van der Waals surface area contributed by atoms with Crippen LogP contribution in [0.4, 0.5) is 4.79 Å². The van der Waals surface area contributed by atoms with E-state index in [1.807, 2.05) is 0 Å². The topological polar surface area (TPSA) is 90.6 Å². The van der Waals surface area contributed by atoms with Gasteiger partial charge in [0.1, 0.15) is 0 Å². The largest absolute Gasteiger partial charge is 0.466 e. The van der Waals surface area contributed by atoms with Crippen molar-refractivity contribution in [3.8, 4) is 0 Å². The summed E-state index contributed by atoms with van der Waals surface area (Å²) in [6, 6.07) is 0. The van der Waals surface area contributed by atoms with Crippen molar-refractivity contribution in [2.24, 2.45) is 5.73 Å². The molecule has 1 amide bonds. The van der Waals surface area contributed by atoms with Gasteiger partial charge in [0, 0.05) is 13.0 Å². The number of alkyl carbamates (subject to hydrolysis) is 1. The van der Waals surface area contributed by atoms with Crippen LogP contribution in [-0.2, 0) is 14.3 Å². The molecule has 0 saturated carbocycles. The second-order valence-corrected chi connectivity index (χ2v) is 3.82. The number of unbranched alkanes of at least 4 members (excludes halogenated alkanes) is 2. The molecule has 0 aromatic carbocycles. The molecule has 0 atom stereocenters. The molecule has 0 aromatic rings. The summed E-state index contributed by atoms with van der Waals surface area (Å²) in [6.07, 6.45) is 3.19. The molecule has 0 aliphatic rings. The van der Waals surface area contributed by atoms with Gasteiger partial charge in [-0.2, -0.15) is 0 Å². The Labute approximate surface area is 108 Å². The first kappa shape index (κ1) is 16.7. The third-order valence-electron chi connectivity index (χ3n) is 2.21. The number of hydrogen-bond donors (Lipinski definition) is 2. The average molecular weight is 260 g/mol. The Kier molecular flexibility index (Phi) is 11.3. The van der Waals surface area contributed by atoms with E-state index in [1.54, 1.807) is 6.92 Å². The zero-order chi connectivity index (χ0) is 13.6. The van der Waals surface area contributed by atoms with E-state index in [9.17, 15) is 9.59 Å². The molecule has 0 fully saturated rings. The lowest BCUT2D eigenvalue weighted by atomic mass is 10.2. The Hall–Kier alpha value is -1.30. The predicted octanol–water partition coefficient (Wildman–Crippen LogP) is 1.18. The van der Waals surface area contributed by atoms with Gasteiger partial charge in [0.05, 0.1) is 13.2 Å². The lowest BCUT2D eigenvalue weighted by Gasteiger charge is -2.06. The van der Waals surface area contributed by atoms with Crippen LogP contribution in [0.3, 0.4) is 0 Å². The van der Waals surface area contributed by atoms with Gasteiger partial charge in [0.2, 0.25) is 0 Å². The summed E-state index contributed by atoms with van der Waals surface area (Å²) < 4.78 is 9.66. The number of rotatable bonds is 10. The SMILES string of the molecule is CCOC(=O)CCCCCNC(=O)OCCCN. The Morgan fingerprint density at radius 2 is 1.89 bits per heavy atom. The van der Waals surface area contributed by atoms with Crippen molar-refractivity contribution >= 4 is 12.1 Å². The lowest BCUT2D eigenvalue weighted by Crippen LogP contribution is -2.26. The number of esters is 1. The van der Waals surface area contributed by atoms with Gasteiger partial charge in [0.25, 0.3) is 0 Å². The van der Waals surface area contributed by atoms with Crippen LogP contribution in [0.15, 0.2) is 0 Å². The van der Waals surface area contributed by atoms with Crippen LogP contribution < -0.4 is 11.1 Å². The van der Waals surface area contributed by atoms with E-state index in [4.69, 9.17) is 15.2 Å². The number of amides is 1. The van der Waals surface area contributed by atoms with Gasteiger partial charge >= 0.3 is 12.1 Å². The molecule has 0 radical (unpaired) electrons. The normalized spacial score (nSPS) is 9.89. The number of carbonyl (C=O) groups is 2. The Morgan fingerprint density at radius 3 is 2.56 bits per heavy atom. The van der Waals surface area contributed by atoms with E-state index < -0.39 is 6.09 Å². The molecule has 0 aliphatic heterocycles. The van der Waals surface area contributed by atoms with Crippen molar-refractivity contribution in [2.75, 3.05) is 26.3 Å². The van der Waals surface area contributed by atoms with E-state index in [0.29, 0.717) is 39.1 Å². The minimum atomic E-state index is -0.408. The van der Waals surface area contributed by atoms with Crippen LogP contribution in [0.1, 0.15) is 39.0 Å². The van der Waals surface area contributed by atoms with Gasteiger partial charge in [-0.1, -0.05) is 6.42 Å². The molecular formula is C12H24N2O4. The summed E-state index contributed by atoms with van der Waals surface area (Å²) in [5.74, 6) is -0.161. The second kappa shape index (κ2) is 12.2. The Balaban J connectivity index is 3.24. The maximum Gasteiger partial charge on any atom is 0.407 e. The Bertz CT molecular complexity index is 234. The number of nitrogens with one attached hydrogen (secondary N) is 1. The molecular weight excluding hydrogens is 236 g/mol. The summed E-state index contributed by atoms with van der Waals surface area (Å²) in [6.45, 7) is 3.64. The minimum absolute atomic E-state index is 0.161. The summed E-state index contributed by atoms with van der Waals surface area (Å²) in [5.41, 5.74) is 5.27. The van der Waals surface area contributed by atoms with Crippen LogP contribution in [0.25, 0.3) is 0 Å². The fourth-order valence-corrected chi connectivity index (χ4v) is 1.29. The highest BCUT2D eigenvalue weighted by molar-refractivity contribution is 5.69. The first-order chi connectivity index (χ1) is 8.70. The van der Waals surface area contributed by atoms with Gasteiger partial charge in [-0.15, -0.1) is 0 Å². The quantitative estimate of drug-likeness (QED) is 0.455.